The third kappa shape index (κ3) is 2.76. The zero-order valence-electron chi connectivity index (χ0n) is 13.4. The molecular formula is C17H15N5O2S. The van der Waals surface area contributed by atoms with Crippen LogP contribution in [0.25, 0.3) is 10.6 Å². The molecule has 0 N–H and O–H groups in total. The second-order valence-corrected chi connectivity index (χ2v) is 7.26. The number of carbonyl (C=O) groups excluding carboxylic acids is 2. The van der Waals surface area contributed by atoms with Gasteiger partial charge in [-0.05, 0) is 12.8 Å². The fourth-order valence-corrected chi connectivity index (χ4v) is 3.83. The van der Waals surface area contributed by atoms with E-state index in [0.717, 1.165) is 10.6 Å². The molecule has 0 bridgehead atoms. The number of hydrogen-bond donors (Lipinski definition) is 0. The number of amides is 2. The molecule has 8 heteroatoms. The standard InChI is InChI=1S/C17H15N5O2S/c18-11-17(6-7-17)22-9-8-21(15(23)16(22)24)10-13-19-20-14(25-13)12-4-2-1-3-5-12/h1-5H,6-10H2. The predicted molar refractivity (Wildman–Crippen MR) is 90.1 cm³/mol. The Morgan fingerprint density at radius 3 is 2.56 bits per heavy atom. The molecule has 2 aliphatic rings. The molecule has 1 saturated heterocycles. The number of rotatable bonds is 4. The van der Waals surface area contributed by atoms with E-state index in [1.807, 2.05) is 30.3 Å². The number of aromatic nitrogens is 2. The molecule has 0 atom stereocenters. The molecule has 2 fully saturated rings. The van der Waals surface area contributed by atoms with Crippen LogP contribution in [0.2, 0.25) is 0 Å². The smallest absolute Gasteiger partial charge is 0.313 e. The lowest BCUT2D eigenvalue weighted by molar-refractivity contribution is -0.158. The number of nitrogens with zero attached hydrogens (tertiary/aromatic N) is 5. The van der Waals surface area contributed by atoms with Gasteiger partial charge in [0.1, 0.15) is 15.6 Å². The average molecular weight is 353 g/mol. The van der Waals surface area contributed by atoms with Crippen molar-refractivity contribution in [1.29, 1.82) is 5.26 Å². The summed E-state index contributed by atoms with van der Waals surface area (Å²) in [5, 5.41) is 19.0. The van der Waals surface area contributed by atoms with Crippen LogP contribution in [-0.2, 0) is 16.1 Å². The van der Waals surface area contributed by atoms with Gasteiger partial charge in [0.05, 0.1) is 12.6 Å². The number of hydrogen-bond acceptors (Lipinski definition) is 6. The first kappa shape index (κ1) is 15.7. The molecule has 1 aromatic heterocycles. The summed E-state index contributed by atoms with van der Waals surface area (Å²) in [7, 11) is 0. The van der Waals surface area contributed by atoms with Crippen molar-refractivity contribution >= 4 is 23.2 Å². The van der Waals surface area contributed by atoms with E-state index in [0.29, 0.717) is 30.9 Å². The van der Waals surface area contributed by atoms with Gasteiger partial charge in [0, 0.05) is 18.7 Å². The number of benzene rings is 1. The summed E-state index contributed by atoms with van der Waals surface area (Å²) >= 11 is 1.41. The van der Waals surface area contributed by atoms with Gasteiger partial charge in [-0.3, -0.25) is 9.59 Å². The second kappa shape index (κ2) is 5.93. The molecule has 2 aromatic rings. The Hall–Kier alpha value is -2.79. The average Bonchev–Trinajstić information content (AvgIpc) is 3.30. The zero-order chi connectivity index (χ0) is 17.4. The van der Waals surface area contributed by atoms with Crippen molar-refractivity contribution in [2.45, 2.75) is 24.9 Å². The normalized spacial score (nSPS) is 19.0. The van der Waals surface area contributed by atoms with Crippen LogP contribution in [-0.4, -0.2) is 50.4 Å². The monoisotopic (exact) mass is 353 g/mol. The van der Waals surface area contributed by atoms with E-state index < -0.39 is 17.4 Å². The van der Waals surface area contributed by atoms with E-state index in [1.54, 1.807) is 0 Å². The molecular weight excluding hydrogens is 338 g/mol. The first-order chi connectivity index (χ1) is 12.1. The van der Waals surface area contributed by atoms with E-state index in [1.165, 1.54) is 21.1 Å². The Morgan fingerprint density at radius 2 is 1.88 bits per heavy atom. The minimum Gasteiger partial charge on any atom is -0.326 e. The van der Waals surface area contributed by atoms with Gasteiger partial charge in [0.2, 0.25) is 0 Å². The van der Waals surface area contributed by atoms with Crippen molar-refractivity contribution in [2.24, 2.45) is 0 Å². The fourth-order valence-electron chi connectivity index (χ4n) is 2.97. The highest BCUT2D eigenvalue weighted by Crippen LogP contribution is 2.42. The number of piperazine rings is 1. The van der Waals surface area contributed by atoms with Crippen LogP contribution in [0.5, 0.6) is 0 Å². The first-order valence-corrected chi connectivity index (χ1v) is 8.84. The van der Waals surface area contributed by atoms with Crippen molar-refractivity contribution in [3.8, 4) is 16.6 Å². The summed E-state index contributed by atoms with van der Waals surface area (Å²) in [6.07, 6.45) is 1.30. The Morgan fingerprint density at radius 1 is 1.12 bits per heavy atom. The van der Waals surface area contributed by atoms with Crippen molar-refractivity contribution in [1.82, 2.24) is 20.0 Å². The second-order valence-electron chi connectivity index (χ2n) is 6.19. The van der Waals surface area contributed by atoms with Crippen molar-refractivity contribution < 1.29 is 9.59 Å². The third-order valence-corrected chi connectivity index (χ3v) is 5.53. The van der Waals surface area contributed by atoms with Gasteiger partial charge >= 0.3 is 11.8 Å². The first-order valence-electron chi connectivity index (χ1n) is 8.03. The molecule has 0 radical (unpaired) electrons. The lowest BCUT2D eigenvalue weighted by atomic mass is 10.2. The highest BCUT2D eigenvalue weighted by molar-refractivity contribution is 7.14. The fraction of sp³-hybridized carbons (Fsp3) is 0.353. The van der Waals surface area contributed by atoms with Crippen LogP contribution in [0.15, 0.2) is 30.3 Å². The summed E-state index contributed by atoms with van der Waals surface area (Å²) in [5.41, 5.74) is 0.227. The highest BCUT2D eigenvalue weighted by atomic mass is 32.1. The largest absolute Gasteiger partial charge is 0.326 e. The summed E-state index contributed by atoms with van der Waals surface area (Å²) in [6.45, 7) is 1.07. The molecule has 1 aliphatic carbocycles. The van der Waals surface area contributed by atoms with Gasteiger partial charge in [-0.15, -0.1) is 10.2 Å². The van der Waals surface area contributed by atoms with E-state index in [9.17, 15) is 14.9 Å². The molecule has 0 unspecified atom stereocenters. The maximum atomic E-state index is 12.4. The third-order valence-electron chi connectivity index (χ3n) is 4.57. The van der Waals surface area contributed by atoms with Crippen LogP contribution in [0, 0.1) is 11.3 Å². The van der Waals surface area contributed by atoms with E-state index in [4.69, 9.17) is 0 Å². The van der Waals surface area contributed by atoms with Crippen LogP contribution in [0.4, 0.5) is 0 Å². The Kier molecular flexibility index (Phi) is 3.73. The highest BCUT2D eigenvalue weighted by Gasteiger charge is 2.54. The van der Waals surface area contributed by atoms with Crippen LogP contribution < -0.4 is 0 Å². The van der Waals surface area contributed by atoms with Gasteiger partial charge in [-0.1, -0.05) is 41.7 Å². The van der Waals surface area contributed by atoms with Crippen molar-refractivity contribution in [3.63, 3.8) is 0 Å². The predicted octanol–water partition coefficient (Wildman–Crippen LogP) is 1.43. The number of carbonyl (C=O) groups is 2. The molecule has 25 heavy (non-hydrogen) atoms. The van der Waals surface area contributed by atoms with Gasteiger partial charge in [-0.2, -0.15) is 5.26 Å². The quantitative estimate of drug-likeness (QED) is 0.776. The van der Waals surface area contributed by atoms with Gasteiger partial charge in [-0.25, -0.2) is 0 Å². The maximum Gasteiger partial charge on any atom is 0.313 e. The molecule has 2 amide bonds. The van der Waals surface area contributed by atoms with E-state index >= 15 is 0 Å². The maximum absolute atomic E-state index is 12.4. The van der Waals surface area contributed by atoms with Crippen LogP contribution in [0.3, 0.4) is 0 Å². The zero-order valence-corrected chi connectivity index (χ0v) is 14.2. The molecule has 0 spiro atoms. The molecule has 1 aliphatic heterocycles. The Bertz CT molecular complexity index is 869. The Balaban J connectivity index is 1.46. The van der Waals surface area contributed by atoms with Gasteiger partial charge in [0.25, 0.3) is 0 Å². The summed E-state index contributed by atoms with van der Waals surface area (Å²) < 4.78 is 0. The Labute approximate surface area is 148 Å². The topological polar surface area (TPSA) is 90.2 Å². The minimum atomic E-state index is -0.748. The van der Waals surface area contributed by atoms with Crippen molar-refractivity contribution in [3.05, 3.63) is 35.3 Å². The van der Waals surface area contributed by atoms with Gasteiger partial charge < -0.3 is 9.80 Å². The molecule has 2 heterocycles. The summed E-state index contributed by atoms with van der Waals surface area (Å²) in [5.74, 6) is -1.15. The summed E-state index contributed by atoms with van der Waals surface area (Å²) in [6, 6.07) is 11.9. The molecule has 1 saturated carbocycles. The minimum absolute atomic E-state index is 0.266. The molecule has 7 nitrogen and oxygen atoms in total. The molecule has 126 valence electrons. The van der Waals surface area contributed by atoms with Crippen molar-refractivity contribution in [2.75, 3.05) is 13.1 Å². The summed E-state index contributed by atoms with van der Waals surface area (Å²) in [4.78, 5) is 27.7. The number of nitriles is 1. The van der Waals surface area contributed by atoms with Gasteiger partial charge in [0.15, 0.2) is 0 Å². The lowest BCUT2D eigenvalue weighted by Crippen LogP contribution is -2.57. The lowest BCUT2D eigenvalue weighted by Gasteiger charge is -2.35. The molecule has 4 rings (SSSR count). The molecule has 1 aromatic carbocycles. The van der Waals surface area contributed by atoms with E-state index in [-0.39, 0.29) is 6.54 Å². The van der Waals surface area contributed by atoms with Crippen LogP contribution >= 0.6 is 11.3 Å². The van der Waals surface area contributed by atoms with Crippen LogP contribution in [0.1, 0.15) is 17.8 Å². The SMILES string of the molecule is N#CC1(N2CCN(Cc3nnc(-c4ccccc4)s3)C(=O)C2=O)CC1. The van der Waals surface area contributed by atoms with E-state index in [2.05, 4.69) is 16.3 Å².